The van der Waals surface area contributed by atoms with Crippen LogP contribution in [-0.4, -0.2) is 22.8 Å². The van der Waals surface area contributed by atoms with Crippen LogP contribution in [0.5, 0.6) is 0 Å². The van der Waals surface area contributed by atoms with Crippen molar-refractivity contribution in [1.82, 2.24) is 4.72 Å². The Labute approximate surface area is 89.4 Å². The molecule has 86 valence electrons. The summed E-state index contributed by atoms with van der Waals surface area (Å²) in [5.74, 6) is 1.70. The van der Waals surface area contributed by atoms with E-state index in [1.165, 1.54) is 25.7 Å². The average Bonchev–Trinajstić information content (AvgIpc) is 2.02. The van der Waals surface area contributed by atoms with E-state index in [1.54, 1.807) is 0 Å². The first kappa shape index (κ1) is 12.2. The fraction of sp³-hybridized carbons (Fsp3) is 1.00. The van der Waals surface area contributed by atoms with Gasteiger partial charge in [0.1, 0.15) is 0 Å². The van der Waals surface area contributed by atoms with E-state index in [2.05, 4.69) is 18.6 Å². The zero-order chi connectivity index (χ0) is 10.8. The van der Waals surface area contributed by atoms with Crippen LogP contribution in [0.3, 0.4) is 0 Å². The number of nitrogens with one attached hydrogen (secondary N) is 1. The number of hydrogen-bond donors (Lipinski definition) is 2. The van der Waals surface area contributed by atoms with Crippen LogP contribution in [0.1, 0.15) is 39.5 Å². The summed E-state index contributed by atoms with van der Waals surface area (Å²) in [5.41, 5.74) is 0. The van der Waals surface area contributed by atoms with Gasteiger partial charge in [0.2, 0.25) is 0 Å². The molecular weight excluding hydrogens is 194 g/mol. The first-order valence-electron chi connectivity index (χ1n) is 5.71. The van der Waals surface area contributed by atoms with Crippen molar-refractivity contribution in [2.75, 3.05) is 12.5 Å². The lowest BCUT2D eigenvalue weighted by Gasteiger charge is -2.33. The highest BCUT2D eigenvalue weighted by molar-refractivity contribution is 7.99. The van der Waals surface area contributed by atoms with Gasteiger partial charge in [-0.2, -0.15) is 0 Å². The summed E-state index contributed by atoms with van der Waals surface area (Å²) in [5, 5.41) is 0. The molecule has 0 radical (unpaired) electrons. The zero-order valence-corrected chi connectivity index (χ0v) is 10.8. The molecule has 0 aromatic rings. The minimum atomic E-state index is -2.03. The summed E-state index contributed by atoms with van der Waals surface area (Å²) < 4.78 is 14.9. The van der Waals surface area contributed by atoms with Gasteiger partial charge >= 0.3 is 0 Å². The van der Waals surface area contributed by atoms with Gasteiger partial charge in [0.25, 0.3) is 0 Å². The summed E-state index contributed by atoms with van der Waals surface area (Å²) in [7, 11) is -2.03. The van der Waals surface area contributed by atoms with Gasteiger partial charge in [-0.3, -0.25) is 8.93 Å². The molecule has 0 spiro atoms. The molecule has 0 aromatic carbocycles. The molecule has 1 fully saturated rings. The van der Waals surface area contributed by atoms with Crippen molar-refractivity contribution in [2.24, 2.45) is 11.8 Å². The number of thiol groups is 1. The molecule has 0 bridgehead atoms. The molecule has 1 aliphatic carbocycles. The van der Waals surface area contributed by atoms with Crippen molar-refractivity contribution in [1.29, 1.82) is 0 Å². The topological polar surface area (TPSA) is 29.1 Å². The van der Waals surface area contributed by atoms with Crippen LogP contribution >= 0.6 is 0 Å². The highest BCUT2D eigenvalue weighted by atomic mass is 32.3. The van der Waals surface area contributed by atoms with Crippen molar-refractivity contribution in [3.8, 4) is 0 Å². The molecule has 1 saturated carbocycles. The first-order valence-corrected chi connectivity index (χ1v) is 8.31. The van der Waals surface area contributed by atoms with Crippen LogP contribution in [-0.2, 0) is 10.1 Å². The molecule has 0 atom stereocenters. The predicted molar refractivity (Wildman–Crippen MR) is 65.1 cm³/mol. The van der Waals surface area contributed by atoms with Crippen LogP contribution in [0.2, 0.25) is 0 Å². The highest BCUT2D eigenvalue weighted by Gasteiger charge is 2.23. The minimum absolute atomic E-state index is 0.505. The quantitative estimate of drug-likeness (QED) is 0.698. The Morgan fingerprint density at radius 2 is 1.64 bits per heavy atom. The monoisotopic (exact) mass is 219 g/mol. The smallest absolute Gasteiger partial charge is 0.0176 e. The maximum absolute atomic E-state index is 11.6. The van der Waals surface area contributed by atoms with E-state index in [4.69, 9.17) is 0 Å². The Bertz CT molecular complexity index is 213. The van der Waals surface area contributed by atoms with E-state index in [9.17, 15) is 4.21 Å². The summed E-state index contributed by atoms with van der Waals surface area (Å²) in [6.45, 7) is 4.62. The highest BCUT2D eigenvalue weighted by Crippen LogP contribution is 2.30. The van der Waals surface area contributed by atoms with Crippen LogP contribution < -0.4 is 4.72 Å². The van der Waals surface area contributed by atoms with E-state index >= 15 is 0 Å². The number of hydrogen-bond acceptors (Lipinski definition) is 1. The van der Waals surface area contributed by atoms with Crippen molar-refractivity contribution in [3.05, 3.63) is 0 Å². The maximum Gasteiger partial charge on any atom is 0.0176 e. The molecule has 3 heteroatoms. The van der Waals surface area contributed by atoms with Crippen molar-refractivity contribution >= 4 is 10.1 Å². The molecule has 0 amide bonds. The molecule has 2 nitrogen and oxygen atoms in total. The van der Waals surface area contributed by atoms with E-state index < -0.39 is 10.1 Å². The predicted octanol–water partition coefficient (Wildman–Crippen LogP) is 1.98. The molecule has 1 N–H and O–H groups in total. The lowest BCUT2D eigenvalue weighted by Crippen LogP contribution is -2.40. The van der Waals surface area contributed by atoms with Crippen LogP contribution in [0.15, 0.2) is 0 Å². The molecule has 14 heavy (non-hydrogen) atoms. The molecule has 0 saturated heterocycles. The second kappa shape index (κ2) is 4.75. The van der Waals surface area contributed by atoms with Gasteiger partial charge in [-0.05, 0) is 37.5 Å². The average molecular weight is 219 g/mol. The Morgan fingerprint density at radius 3 is 2.00 bits per heavy atom. The lowest BCUT2D eigenvalue weighted by atomic mass is 9.80. The molecule has 0 aromatic heterocycles. The van der Waals surface area contributed by atoms with Crippen LogP contribution in [0.25, 0.3) is 0 Å². The Balaban J connectivity index is 2.33. The van der Waals surface area contributed by atoms with Gasteiger partial charge in [0.15, 0.2) is 0 Å². The molecule has 0 aliphatic heterocycles. The van der Waals surface area contributed by atoms with Gasteiger partial charge in [-0.1, -0.05) is 24.0 Å². The second-order valence-corrected chi connectivity index (χ2v) is 8.30. The lowest BCUT2D eigenvalue weighted by molar-refractivity contribution is 0.252. The zero-order valence-electron chi connectivity index (χ0n) is 9.92. The maximum atomic E-state index is 11.6. The minimum Gasteiger partial charge on any atom is -0.272 e. The van der Waals surface area contributed by atoms with Gasteiger partial charge in [-0.25, -0.2) is 0 Å². The van der Waals surface area contributed by atoms with E-state index in [0.717, 1.165) is 11.8 Å². The van der Waals surface area contributed by atoms with E-state index in [-0.39, 0.29) is 0 Å². The molecule has 0 heterocycles. The van der Waals surface area contributed by atoms with Crippen LogP contribution in [0, 0.1) is 11.8 Å². The van der Waals surface area contributed by atoms with Gasteiger partial charge in [0, 0.05) is 18.6 Å². The van der Waals surface area contributed by atoms with Crippen molar-refractivity contribution in [3.63, 3.8) is 0 Å². The standard InChI is InChI=1S/C11H25NOS/c1-9(2)10-5-7-11(8-6-10)12-14(3,4)13/h9-11,14H,5-8H2,1-4H3,(H,12,13). The van der Waals surface area contributed by atoms with E-state index in [1.807, 2.05) is 12.5 Å². The van der Waals surface area contributed by atoms with E-state index in [0.29, 0.717) is 6.04 Å². The third kappa shape index (κ3) is 4.09. The molecule has 1 aliphatic rings. The summed E-state index contributed by atoms with van der Waals surface area (Å²) in [4.78, 5) is 0. The Morgan fingerprint density at radius 1 is 1.14 bits per heavy atom. The third-order valence-corrected chi connectivity index (χ3v) is 4.20. The summed E-state index contributed by atoms with van der Waals surface area (Å²) in [6.07, 6.45) is 8.65. The largest absolute Gasteiger partial charge is 0.272 e. The van der Waals surface area contributed by atoms with Crippen LogP contribution in [0.4, 0.5) is 0 Å². The normalized spacial score (nSPS) is 30.6. The Kier molecular flexibility index (Phi) is 4.14. The van der Waals surface area contributed by atoms with Gasteiger partial charge in [-0.15, -0.1) is 0 Å². The summed E-state index contributed by atoms with van der Waals surface area (Å²) in [6, 6.07) is 0.505. The second-order valence-electron chi connectivity index (χ2n) is 5.34. The number of rotatable bonds is 3. The molecular formula is C11H25NOS. The van der Waals surface area contributed by atoms with Crippen molar-refractivity contribution < 1.29 is 4.21 Å². The van der Waals surface area contributed by atoms with Gasteiger partial charge in [0.05, 0.1) is 0 Å². The first-order chi connectivity index (χ1) is 6.38. The third-order valence-electron chi connectivity index (χ3n) is 3.21. The fourth-order valence-electron chi connectivity index (χ4n) is 2.35. The fourth-order valence-corrected chi connectivity index (χ4v) is 3.49. The molecule has 0 unspecified atom stereocenters. The summed E-state index contributed by atoms with van der Waals surface area (Å²) >= 11 is 0. The SMILES string of the molecule is CC(C)C1CCC(N[SH](C)(C)=O)CC1. The van der Waals surface area contributed by atoms with Gasteiger partial charge < -0.3 is 0 Å². The molecule has 1 rings (SSSR count). The van der Waals surface area contributed by atoms with Crippen molar-refractivity contribution in [2.45, 2.75) is 45.6 Å². The Hall–Kier alpha value is 0.110.